The van der Waals surface area contributed by atoms with Gasteiger partial charge in [0.15, 0.2) is 5.82 Å². The van der Waals surface area contributed by atoms with Crippen LogP contribution in [0.1, 0.15) is 24.1 Å². The molecule has 0 aliphatic carbocycles. The van der Waals surface area contributed by atoms with Crippen LogP contribution in [-0.2, 0) is 0 Å². The highest BCUT2D eigenvalue weighted by atomic mass is 32.2. The van der Waals surface area contributed by atoms with Gasteiger partial charge < -0.3 is 9.47 Å². The Balaban J connectivity index is 1.71. The Bertz CT molecular complexity index is 1220. The molecule has 33 heavy (non-hydrogen) atoms. The van der Waals surface area contributed by atoms with Crippen LogP contribution in [0, 0.1) is 13.8 Å². The Morgan fingerprint density at radius 3 is 2.42 bits per heavy atom. The Morgan fingerprint density at radius 1 is 1.03 bits per heavy atom. The van der Waals surface area contributed by atoms with E-state index in [9.17, 15) is 0 Å². The quantitative estimate of drug-likeness (QED) is 0.362. The second-order valence-corrected chi connectivity index (χ2v) is 8.53. The van der Waals surface area contributed by atoms with Gasteiger partial charge in [-0.2, -0.15) is 5.10 Å². The minimum absolute atomic E-state index is 0.203. The highest BCUT2D eigenvalue weighted by molar-refractivity contribution is 8.00. The molecule has 0 aliphatic rings. The van der Waals surface area contributed by atoms with Crippen LogP contribution >= 0.6 is 11.9 Å². The summed E-state index contributed by atoms with van der Waals surface area (Å²) in [7, 11) is 3.26. The lowest BCUT2D eigenvalue weighted by Gasteiger charge is -2.18. The van der Waals surface area contributed by atoms with E-state index in [1.54, 1.807) is 26.6 Å². The number of nitrogens with zero attached hydrogens (tertiary/aromatic N) is 6. The van der Waals surface area contributed by atoms with Gasteiger partial charge in [-0.15, -0.1) is 10.2 Å². The number of hydrogen-bond acceptors (Lipinski definition) is 8. The summed E-state index contributed by atoms with van der Waals surface area (Å²) >= 11 is 1.53. The lowest BCUT2D eigenvalue weighted by Crippen LogP contribution is -2.11. The molecular weight excluding hydrogens is 438 g/mol. The molecule has 1 unspecified atom stereocenters. The number of ether oxygens (including phenoxy) is 2. The summed E-state index contributed by atoms with van der Waals surface area (Å²) in [5.74, 6) is 3.25. The second-order valence-electron chi connectivity index (χ2n) is 7.70. The van der Waals surface area contributed by atoms with Gasteiger partial charge in [-0.3, -0.25) is 19.0 Å². The number of para-hydroxylation sites is 1. The number of hydrogen-bond donors (Lipinski definition) is 1. The van der Waals surface area contributed by atoms with Crippen LogP contribution in [0.15, 0.2) is 49.1 Å². The number of anilines is 1. The van der Waals surface area contributed by atoms with Crippen molar-refractivity contribution in [2.45, 2.75) is 26.8 Å². The van der Waals surface area contributed by atoms with Crippen molar-refractivity contribution in [3.63, 3.8) is 0 Å². The van der Waals surface area contributed by atoms with Crippen molar-refractivity contribution in [3.05, 3.63) is 60.2 Å². The first kappa shape index (κ1) is 22.7. The Kier molecular flexibility index (Phi) is 6.83. The summed E-state index contributed by atoms with van der Waals surface area (Å²) in [5, 5.41) is 13.3. The molecule has 3 heterocycles. The van der Waals surface area contributed by atoms with Gasteiger partial charge in [0.05, 0.1) is 26.5 Å². The van der Waals surface area contributed by atoms with Crippen molar-refractivity contribution in [2.24, 2.45) is 0 Å². The molecular formula is C23H27N7O2S. The third-order valence-corrected chi connectivity index (χ3v) is 6.07. The maximum absolute atomic E-state index is 5.67. The van der Waals surface area contributed by atoms with Crippen molar-refractivity contribution in [1.29, 1.82) is 0 Å². The molecule has 1 atom stereocenters. The maximum Gasteiger partial charge on any atom is 0.239 e. The van der Waals surface area contributed by atoms with E-state index in [-0.39, 0.29) is 6.04 Å². The van der Waals surface area contributed by atoms with Crippen LogP contribution in [0.25, 0.3) is 17.1 Å². The average Bonchev–Trinajstić information content (AvgIpc) is 3.44. The van der Waals surface area contributed by atoms with Gasteiger partial charge in [0.2, 0.25) is 5.95 Å². The summed E-state index contributed by atoms with van der Waals surface area (Å²) in [6, 6.07) is 7.88. The van der Waals surface area contributed by atoms with Crippen LogP contribution in [0.2, 0.25) is 0 Å². The lowest BCUT2D eigenvalue weighted by molar-refractivity contribution is 0.391. The van der Waals surface area contributed by atoms with E-state index in [1.165, 1.54) is 11.9 Å². The predicted octanol–water partition coefficient (Wildman–Crippen LogP) is 4.48. The Labute approximate surface area is 197 Å². The van der Waals surface area contributed by atoms with Crippen molar-refractivity contribution in [2.75, 3.05) is 24.7 Å². The van der Waals surface area contributed by atoms with Gasteiger partial charge in [0, 0.05) is 29.9 Å². The van der Waals surface area contributed by atoms with E-state index >= 15 is 0 Å². The normalized spacial score (nSPS) is 11.9. The first-order chi connectivity index (χ1) is 16.0. The first-order valence-corrected chi connectivity index (χ1v) is 11.5. The molecule has 3 aromatic heterocycles. The number of pyridine rings is 1. The topological polar surface area (TPSA) is 91.9 Å². The molecule has 0 fully saturated rings. The molecule has 9 nitrogen and oxygen atoms in total. The van der Waals surface area contributed by atoms with Gasteiger partial charge in [0.25, 0.3) is 0 Å². The number of methoxy groups -OCH3 is 2. The van der Waals surface area contributed by atoms with Gasteiger partial charge in [0.1, 0.15) is 17.2 Å². The van der Waals surface area contributed by atoms with E-state index in [0.717, 1.165) is 22.4 Å². The van der Waals surface area contributed by atoms with E-state index in [1.807, 2.05) is 59.8 Å². The fourth-order valence-electron chi connectivity index (χ4n) is 3.46. The molecule has 172 valence electrons. The van der Waals surface area contributed by atoms with Crippen LogP contribution in [0.3, 0.4) is 0 Å². The highest BCUT2D eigenvalue weighted by Crippen LogP contribution is 2.38. The summed E-state index contributed by atoms with van der Waals surface area (Å²) in [6.45, 7) is 6.15. The SMILES string of the molecule is COc1cccc(OC)c1-n1c(NSCC(C)n2cc(C)cn2)nnc1-c1cncc(C)c1. The van der Waals surface area contributed by atoms with Crippen LogP contribution in [0.4, 0.5) is 5.95 Å². The maximum atomic E-state index is 5.67. The summed E-state index contributed by atoms with van der Waals surface area (Å²) in [4.78, 5) is 4.33. The van der Waals surface area contributed by atoms with Gasteiger partial charge >= 0.3 is 0 Å². The summed E-state index contributed by atoms with van der Waals surface area (Å²) < 4.78 is 18.6. The summed E-state index contributed by atoms with van der Waals surface area (Å²) in [5.41, 5.74) is 3.72. The van der Waals surface area contributed by atoms with Crippen molar-refractivity contribution in [1.82, 2.24) is 29.5 Å². The van der Waals surface area contributed by atoms with E-state index in [2.05, 4.69) is 31.9 Å². The van der Waals surface area contributed by atoms with E-state index in [4.69, 9.17) is 9.47 Å². The first-order valence-electron chi connectivity index (χ1n) is 10.5. The minimum atomic E-state index is 0.203. The number of aromatic nitrogens is 6. The summed E-state index contributed by atoms with van der Waals surface area (Å²) in [6.07, 6.45) is 7.48. The smallest absolute Gasteiger partial charge is 0.239 e. The Hall–Kier alpha value is -3.53. The number of benzene rings is 1. The van der Waals surface area contributed by atoms with Gasteiger partial charge in [-0.1, -0.05) is 6.07 Å². The third kappa shape index (κ3) is 4.80. The number of aryl methyl sites for hydroxylation is 2. The standard InChI is InChI=1S/C23H27N7O2S/c1-15-9-18(12-24-10-15)22-26-27-23(28-33-14-17(3)29-13-16(2)11-25-29)30(22)21-19(31-4)7-6-8-20(21)32-5/h6-13,17H,14H2,1-5H3,(H,27,28). The van der Waals surface area contributed by atoms with Gasteiger partial charge in [-0.05, 0) is 62.0 Å². The molecule has 0 aliphatic heterocycles. The fraction of sp³-hybridized carbons (Fsp3) is 0.304. The zero-order chi connectivity index (χ0) is 23.4. The number of nitrogens with one attached hydrogen (secondary N) is 1. The molecule has 0 bridgehead atoms. The largest absolute Gasteiger partial charge is 0.494 e. The predicted molar refractivity (Wildman–Crippen MR) is 130 cm³/mol. The molecule has 0 saturated carbocycles. The molecule has 0 spiro atoms. The van der Waals surface area contributed by atoms with Crippen molar-refractivity contribution in [3.8, 4) is 28.6 Å². The second kappa shape index (κ2) is 9.95. The molecule has 10 heteroatoms. The average molecular weight is 466 g/mol. The number of rotatable bonds is 9. The molecule has 1 aromatic carbocycles. The van der Waals surface area contributed by atoms with E-state index in [0.29, 0.717) is 29.0 Å². The zero-order valence-electron chi connectivity index (χ0n) is 19.3. The third-order valence-electron chi connectivity index (χ3n) is 5.09. The molecule has 4 rings (SSSR count). The highest BCUT2D eigenvalue weighted by Gasteiger charge is 2.23. The van der Waals surface area contributed by atoms with E-state index < -0.39 is 0 Å². The van der Waals surface area contributed by atoms with Crippen LogP contribution in [-0.4, -0.2) is 49.5 Å². The van der Waals surface area contributed by atoms with Crippen LogP contribution in [0.5, 0.6) is 11.5 Å². The molecule has 0 saturated heterocycles. The van der Waals surface area contributed by atoms with Crippen molar-refractivity contribution < 1.29 is 9.47 Å². The fourth-order valence-corrected chi connectivity index (χ4v) is 4.19. The molecule has 1 N–H and O–H groups in total. The lowest BCUT2D eigenvalue weighted by atomic mass is 10.2. The van der Waals surface area contributed by atoms with Gasteiger partial charge in [-0.25, -0.2) is 0 Å². The molecule has 4 aromatic rings. The molecule has 0 amide bonds. The zero-order valence-corrected chi connectivity index (χ0v) is 20.1. The minimum Gasteiger partial charge on any atom is -0.494 e. The van der Waals surface area contributed by atoms with Crippen molar-refractivity contribution >= 4 is 17.9 Å². The van der Waals surface area contributed by atoms with Crippen LogP contribution < -0.4 is 14.2 Å². The molecule has 0 radical (unpaired) electrons. The monoisotopic (exact) mass is 465 g/mol. The Morgan fingerprint density at radius 2 is 1.79 bits per heavy atom.